The Balaban J connectivity index is 1.39. The van der Waals surface area contributed by atoms with Gasteiger partial charge in [-0.2, -0.15) is 26.3 Å². The summed E-state index contributed by atoms with van der Waals surface area (Å²) in [5.74, 6) is -1.06. The summed E-state index contributed by atoms with van der Waals surface area (Å²) >= 11 is 0. The van der Waals surface area contributed by atoms with Gasteiger partial charge in [0.15, 0.2) is 11.5 Å². The molecule has 0 saturated heterocycles. The standard InChI is InChI=1S/C32H27F6N3O4/c1-17-12-13-39-27-24(40-18(2)7-6-14-41-29(42)20-8-4-5-9-21(20)30(41)43)16-25(44-3)28(26(17)27)45-19-10-11-22(31(33,34)35)23(15-19)32(36,37)38/h4-5,8-13,15-16,18,40H,6-7,14H2,1-3H3. The molecule has 0 fully saturated rings. The van der Waals surface area contributed by atoms with Gasteiger partial charge in [0.25, 0.3) is 11.8 Å². The number of hydrogen-bond donors (Lipinski definition) is 1. The number of nitrogens with one attached hydrogen (secondary N) is 1. The SMILES string of the molecule is COc1cc(NC(C)CCCN2C(=O)c3ccccc3C2=O)c2nccc(C)c2c1Oc1ccc(C(F)(F)F)c(C(F)(F)F)c1. The van der Waals surface area contributed by atoms with Crippen LogP contribution in [0, 0.1) is 6.92 Å². The Morgan fingerprint density at radius 1 is 0.911 bits per heavy atom. The molecule has 0 radical (unpaired) electrons. The van der Waals surface area contributed by atoms with Gasteiger partial charge in [-0.15, -0.1) is 0 Å². The van der Waals surface area contributed by atoms with Crippen LogP contribution in [-0.4, -0.2) is 41.4 Å². The number of alkyl halides is 6. The minimum absolute atomic E-state index is 0.0187. The fraction of sp³-hybridized carbons (Fsp3) is 0.281. The largest absolute Gasteiger partial charge is 0.493 e. The third kappa shape index (κ3) is 6.24. The van der Waals surface area contributed by atoms with Gasteiger partial charge in [0.05, 0.1) is 46.0 Å². The molecule has 1 N–H and O–H groups in total. The second-order valence-electron chi connectivity index (χ2n) is 10.6. The Morgan fingerprint density at radius 3 is 2.16 bits per heavy atom. The zero-order valence-corrected chi connectivity index (χ0v) is 24.3. The van der Waals surface area contributed by atoms with E-state index in [2.05, 4.69) is 10.3 Å². The Hall–Kier alpha value is -4.81. The monoisotopic (exact) mass is 631 g/mol. The molecule has 2 heterocycles. The number of amides is 2. The first-order chi connectivity index (χ1) is 21.2. The summed E-state index contributed by atoms with van der Waals surface area (Å²) < 4.78 is 91.9. The van der Waals surface area contributed by atoms with Crippen molar-refractivity contribution in [2.75, 3.05) is 19.0 Å². The van der Waals surface area contributed by atoms with Crippen molar-refractivity contribution >= 4 is 28.4 Å². The Labute approximate surface area is 253 Å². The van der Waals surface area contributed by atoms with E-state index in [-0.39, 0.29) is 35.9 Å². The van der Waals surface area contributed by atoms with Crippen molar-refractivity contribution in [3.63, 3.8) is 0 Å². The van der Waals surface area contributed by atoms with Gasteiger partial charge in [-0.05, 0) is 68.7 Å². The highest BCUT2D eigenvalue weighted by atomic mass is 19.4. The average Bonchev–Trinajstić information content (AvgIpc) is 3.22. The van der Waals surface area contributed by atoms with E-state index < -0.39 is 29.2 Å². The van der Waals surface area contributed by atoms with Crippen molar-refractivity contribution < 1.29 is 45.4 Å². The molecule has 4 aromatic rings. The lowest BCUT2D eigenvalue weighted by atomic mass is 10.0. The highest BCUT2D eigenvalue weighted by molar-refractivity contribution is 6.21. The van der Waals surface area contributed by atoms with Crippen molar-refractivity contribution in [3.05, 3.63) is 88.6 Å². The van der Waals surface area contributed by atoms with Crippen LogP contribution in [0.15, 0.2) is 60.8 Å². The summed E-state index contributed by atoms with van der Waals surface area (Å²) in [5.41, 5.74) is -1.43. The molecule has 45 heavy (non-hydrogen) atoms. The smallest absolute Gasteiger partial charge is 0.417 e. The first kappa shape index (κ1) is 31.6. The van der Waals surface area contributed by atoms with Gasteiger partial charge in [-0.25, -0.2) is 0 Å². The van der Waals surface area contributed by atoms with Crippen LogP contribution in [-0.2, 0) is 12.4 Å². The van der Waals surface area contributed by atoms with E-state index in [0.717, 1.165) is 6.07 Å². The van der Waals surface area contributed by atoms with Gasteiger partial charge >= 0.3 is 12.4 Å². The quantitative estimate of drug-likeness (QED) is 0.148. The predicted molar refractivity (Wildman–Crippen MR) is 154 cm³/mol. The molecule has 1 aromatic heterocycles. The molecule has 1 unspecified atom stereocenters. The number of imide groups is 1. The van der Waals surface area contributed by atoms with Gasteiger partial charge in [0.1, 0.15) is 5.75 Å². The number of aromatic nitrogens is 1. The molecule has 0 saturated carbocycles. The second-order valence-corrected chi connectivity index (χ2v) is 10.6. The van der Waals surface area contributed by atoms with Crippen molar-refractivity contribution in [1.82, 2.24) is 9.88 Å². The minimum Gasteiger partial charge on any atom is -0.493 e. The van der Waals surface area contributed by atoms with Crippen LogP contribution in [0.25, 0.3) is 10.9 Å². The summed E-state index contributed by atoms with van der Waals surface area (Å²) in [6, 6.07) is 11.1. The number of methoxy groups -OCH3 is 1. The molecule has 7 nitrogen and oxygen atoms in total. The molecule has 5 rings (SSSR count). The van der Waals surface area contributed by atoms with Gasteiger partial charge in [0, 0.05) is 24.8 Å². The molecule has 236 valence electrons. The molecule has 1 aliphatic heterocycles. The number of aryl methyl sites for hydroxylation is 1. The van der Waals surface area contributed by atoms with Gasteiger partial charge in [0.2, 0.25) is 0 Å². The third-order valence-electron chi connectivity index (χ3n) is 7.48. The summed E-state index contributed by atoms with van der Waals surface area (Å²) in [7, 11) is 1.32. The maximum absolute atomic E-state index is 13.6. The molecule has 0 aliphatic carbocycles. The molecule has 0 bridgehead atoms. The fourth-order valence-corrected chi connectivity index (χ4v) is 5.32. The second kappa shape index (κ2) is 11.9. The molecule has 1 aliphatic rings. The van der Waals surface area contributed by atoms with Gasteiger partial charge in [-0.1, -0.05) is 12.1 Å². The first-order valence-electron chi connectivity index (χ1n) is 13.8. The van der Waals surface area contributed by atoms with E-state index >= 15 is 0 Å². The molecule has 3 aromatic carbocycles. The lowest BCUT2D eigenvalue weighted by molar-refractivity contribution is -0.162. The van der Waals surface area contributed by atoms with Crippen LogP contribution in [0.5, 0.6) is 17.2 Å². The van der Waals surface area contributed by atoms with Crippen LogP contribution in [0.2, 0.25) is 0 Å². The number of carbonyl (C=O) groups is 2. The zero-order valence-electron chi connectivity index (χ0n) is 24.3. The van der Waals surface area contributed by atoms with Crippen molar-refractivity contribution in [2.45, 2.75) is 45.1 Å². The summed E-state index contributed by atoms with van der Waals surface area (Å²) in [5, 5.41) is 3.72. The maximum atomic E-state index is 13.6. The molecule has 1 atom stereocenters. The zero-order chi connectivity index (χ0) is 32.7. The summed E-state index contributed by atoms with van der Waals surface area (Å²) in [6.45, 7) is 3.83. The number of carbonyl (C=O) groups excluding carboxylic acids is 2. The Morgan fingerprint density at radius 2 is 1.56 bits per heavy atom. The lowest BCUT2D eigenvalue weighted by Crippen LogP contribution is -2.31. The number of fused-ring (bicyclic) bond motifs is 2. The van der Waals surface area contributed by atoms with Crippen LogP contribution in [0.3, 0.4) is 0 Å². The number of pyridine rings is 1. The lowest BCUT2D eigenvalue weighted by Gasteiger charge is -2.22. The van der Waals surface area contributed by atoms with Crippen LogP contribution in [0.1, 0.15) is 57.2 Å². The van der Waals surface area contributed by atoms with Crippen LogP contribution < -0.4 is 14.8 Å². The van der Waals surface area contributed by atoms with Crippen LogP contribution >= 0.6 is 0 Å². The summed E-state index contributed by atoms with van der Waals surface area (Å²) in [6.07, 6.45) is -7.92. The highest BCUT2D eigenvalue weighted by Gasteiger charge is 2.43. The highest BCUT2D eigenvalue weighted by Crippen LogP contribution is 2.46. The Bertz CT molecular complexity index is 1750. The van der Waals surface area contributed by atoms with E-state index in [9.17, 15) is 35.9 Å². The molecular formula is C32H27F6N3O4. The van der Waals surface area contributed by atoms with E-state index in [4.69, 9.17) is 9.47 Å². The first-order valence-corrected chi connectivity index (χ1v) is 13.8. The number of nitrogens with zero attached hydrogens (tertiary/aromatic N) is 2. The number of anilines is 1. The molecule has 0 spiro atoms. The summed E-state index contributed by atoms with van der Waals surface area (Å²) in [4.78, 5) is 31.0. The fourth-order valence-electron chi connectivity index (χ4n) is 5.32. The Kier molecular flexibility index (Phi) is 8.39. The van der Waals surface area contributed by atoms with E-state index in [1.165, 1.54) is 18.2 Å². The van der Waals surface area contributed by atoms with Gasteiger partial charge in [-0.3, -0.25) is 19.5 Å². The average molecular weight is 632 g/mol. The number of rotatable bonds is 9. The van der Waals surface area contributed by atoms with E-state index in [1.54, 1.807) is 43.3 Å². The predicted octanol–water partition coefficient (Wildman–Crippen LogP) is 8.26. The molecule has 13 heteroatoms. The van der Waals surface area contributed by atoms with Crippen molar-refractivity contribution in [1.29, 1.82) is 0 Å². The number of benzene rings is 3. The number of ether oxygens (including phenoxy) is 2. The van der Waals surface area contributed by atoms with E-state index in [0.29, 0.717) is 58.3 Å². The number of hydrogen-bond acceptors (Lipinski definition) is 6. The molecular weight excluding hydrogens is 604 g/mol. The van der Waals surface area contributed by atoms with E-state index in [1.807, 2.05) is 6.92 Å². The van der Waals surface area contributed by atoms with Crippen molar-refractivity contribution in [3.8, 4) is 17.2 Å². The van der Waals surface area contributed by atoms with Gasteiger partial charge < -0.3 is 14.8 Å². The van der Waals surface area contributed by atoms with Crippen molar-refractivity contribution in [2.24, 2.45) is 0 Å². The third-order valence-corrected chi connectivity index (χ3v) is 7.48. The molecule has 2 amide bonds. The van der Waals surface area contributed by atoms with Crippen LogP contribution in [0.4, 0.5) is 32.0 Å². The number of halogens is 6. The minimum atomic E-state index is -5.28. The normalized spacial score (nSPS) is 14.1. The topological polar surface area (TPSA) is 80.8 Å². The maximum Gasteiger partial charge on any atom is 0.417 e.